The fourth-order valence-electron chi connectivity index (χ4n) is 3.30. The number of rotatable bonds is 6. The van der Waals surface area contributed by atoms with E-state index in [0.29, 0.717) is 13.1 Å². The summed E-state index contributed by atoms with van der Waals surface area (Å²) in [5, 5.41) is 2.71. The molecule has 1 unspecified atom stereocenters. The van der Waals surface area contributed by atoms with Gasteiger partial charge in [0.1, 0.15) is 5.54 Å². The van der Waals surface area contributed by atoms with Crippen LogP contribution in [-0.4, -0.2) is 49.1 Å². The van der Waals surface area contributed by atoms with Crippen LogP contribution in [0.2, 0.25) is 0 Å². The fourth-order valence-corrected chi connectivity index (χ4v) is 5.49. The van der Waals surface area contributed by atoms with Gasteiger partial charge in [-0.15, -0.1) is 11.8 Å². The lowest BCUT2D eigenvalue weighted by atomic mass is 9.73. The molecule has 0 bridgehead atoms. The molecule has 0 spiro atoms. The van der Waals surface area contributed by atoms with Gasteiger partial charge in [-0.05, 0) is 12.8 Å². The van der Waals surface area contributed by atoms with Crippen molar-refractivity contribution >= 4 is 52.0 Å². The highest BCUT2D eigenvalue weighted by Gasteiger charge is 2.60. The van der Waals surface area contributed by atoms with E-state index >= 15 is 0 Å². The maximum atomic E-state index is 13.0. The molecule has 1 N–H and O–H groups in total. The molecule has 2 heterocycles. The van der Waals surface area contributed by atoms with Crippen molar-refractivity contribution in [2.45, 2.75) is 67.4 Å². The summed E-state index contributed by atoms with van der Waals surface area (Å²) < 4.78 is -0.0482. The van der Waals surface area contributed by atoms with Gasteiger partial charge in [0.2, 0.25) is 11.8 Å². The van der Waals surface area contributed by atoms with Gasteiger partial charge in [0, 0.05) is 24.9 Å². The van der Waals surface area contributed by atoms with E-state index in [0.717, 1.165) is 12.8 Å². The van der Waals surface area contributed by atoms with Crippen molar-refractivity contribution in [3.8, 4) is 0 Å². The van der Waals surface area contributed by atoms with Crippen LogP contribution >= 0.6 is 34.4 Å². The standard InChI is InChI=1S/C17H27IN2O3S/c1-6-17(18,7-2)24-11-8-12(21)20(13(11)22)16(9-19-10-16)14(23)15(3,4)5/h11,19H,6-10H2,1-5H3. The number of carbonyl (C=O) groups excluding carboxylic acids is 3. The Morgan fingerprint density at radius 1 is 1.29 bits per heavy atom. The molecule has 7 heteroatoms. The first kappa shape index (κ1) is 20.2. The maximum absolute atomic E-state index is 13.0. The van der Waals surface area contributed by atoms with Crippen LogP contribution in [0.5, 0.6) is 0 Å². The first-order valence-corrected chi connectivity index (χ1v) is 10.5. The van der Waals surface area contributed by atoms with Crippen molar-refractivity contribution in [1.29, 1.82) is 0 Å². The first-order valence-electron chi connectivity index (χ1n) is 8.50. The van der Waals surface area contributed by atoms with Crippen LogP contribution in [0.15, 0.2) is 0 Å². The molecule has 5 nitrogen and oxygen atoms in total. The molecule has 1 atom stereocenters. The highest BCUT2D eigenvalue weighted by Crippen LogP contribution is 2.46. The average Bonchev–Trinajstić information content (AvgIpc) is 2.73. The minimum absolute atomic E-state index is 0.0344. The van der Waals surface area contributed by atoms with Crippen LogP contribution in [0, 0.1) is 5.41 Å². The van der Waals surface area contributed by atoms with Crippen molar-refractivity contribution in [1.82, 2.24) is 10.2 Å². The smallest absolute Gasteiger partial charge is 0.243 e. The van der Waals surface area contributed by atoms with Gasteiger partial charge >= 0.3 is 0 Å². The molecule has 2 rings (SSSR count). The average molecular weight is 466 g/mol. The topological polar surface area (TPSA) is 66.5 Å². The lowest BCUT2D eigenvalue weighted by Gasteiger charge is -2.49. The van der Waals surface area contributed by atoms with E-state index in [1.165, 1.54) is 4.90 Å². The van der Waals surface area contributed by atoms with Crippen LogP contribution in [0.4, 0.5) is 0 Å². The van der Waals surface area contributed by atoms with Gasteiger partial charge in [-0.3, -0.25) is 19.3 Å². The van der Waals surface area contributed by atoms with E-state index in [4.69, 9.17) is 0 Å². The van der Waals surface area contributed by atoms with Gasteiger partial charge in [0.25, 0.3) is 0 Å². The van der Waals surface area contributed by atoms with E-state index < -0.39 is 11.0 Å². The van der Waals surface area contributed by atoms with Gasteiger partial charge < -0.3 is 5.32 Å². The van der Waals surface area contributed by atoms with Crippen LogP contribution in [-0.2, 0) is 14.4 Å². The van der Waals surface area contributed by atoms with Gasteiger partial charge in [-0.25, -0.2) is 0 Å². The van der Waals surface area contributed by atoms with E-state index in [9.17, 15) is 14.4 Å². The Kier molecular flexibility index (Phi) is 5.77. The monoisotopic (exact) mass is 466 g/mol. The molecule has 0 aliphatic carbocycles. The molecular weight excluding hydrogens is 439 g/mol. The number of ketones is 1. The number of carbonyl (C=O) groups is 3. The third kappa shape index (κ3) is 3.40. The minimum Gasteiger partial charge on any atom is -0.311 e. The second-order valence-electron chi connectivity index (χ2n) is 7.68. The number of alkyl halides is 1. The van der Waals surface area contributed by atoms with Crippen molar-refractivity contribution in [3.05, 3.63) is 0 Å². The van der Waals surface area contributed by atoms with Crippen molar-refractivity contribution < 1.29 is 14.4 Å². The summed E-state index contributed by atoms with van der Waals surface area (Å²) in [4.78, 5) is 39.9. The number of thioether (sulfide) groups is 1. The third-order valence-electron chi connectivity index (χ3n) is 4.88. The Morgan fingerprint density at radius 2 is 1.83 bits per heavy atom. The van der Waals surface area contributed by atoms with Crippen molar-refractivity contribution in [2.24, 2.45) is 5.41 Å². The van der Waals surface area contributed by atoms with E-state index in [2.05, 4.69) is 41.8 Å². The molecule has 2 fully saturated rings. The molecule has 2 saturated heterocycles. The number of likely N-dealkylation sites (tertiary alicyclic amines) is 1. The zero-order valence-corrected chi connectivity index (χ0v) is 18.0. The fraction of sp³-hybridized carbons (Fsp3) is 0.824. The Labute approximate surface area is 162 Å². The Hall–Kier alpha value is -0.150. The Balaban J connectivity index is 2.27. The van der Waals surface area contributed by atoms with Gasteiger partial charge in [0.05, 0.1) is 8.00 Å². The van der Waals surface area contributed by atoms with E-state index in [1.54, 1.807) is 11.8 Å². The number of nitrogens with one attached hydrogen (secondary N) is 1. The molecule has 24 heavy (non-hydrogen) atoms. The van der Waals surface area contributed by atoms with Gasteiger partial charge in [0.15, 0.2) is 5.78 Å². The zero-order chi connectivity index (χ0) is 18.3. The molecule has 2 amide bonds. The first-order chi connectivity index (χ1) is 11.0. The van der Waals surface area contributed by atoms with E-state index in [-0.39, 0.29) is 32.0 Å². The molecule has 0 radical (unpaired) electrons. The second-order valence-corrected chi connectivity index (χ2v) is 12.1. The summed E-state index contributed by atoms with van der Waals surface area (Å²) in [6.07, 6.45) is 2.06. The van der Waals surface area contributed by atoms with Crippen LogP contribution in [0.25, 0.3) is 0 Å². The lowest BCUT2D eigenvalue weighted by Crippen LogP contribution is -2.76. The summed E-state index contributed by atoms with van der Waals surface area (Å²) in [6.45, 7) is 10.5. The number of imide groups is 1. The number of halogens is 1. The Bertz CT molecular complexity index is 551. The predicted molar refractivity (Wildman–Crippen MR) is 105 cm³/mol. The molecule has 0 saturated carbocycles. The third-order valence-corrected chi connectivity index (χ3v) is 8.82. The number of amides is 2. The highest BCUT2D eigenvalue weighted by atomic mass is 127. The maximum Gasteiger partial charge on any atom is 0.243 e. The molecular formula is C17H27IN2O3S. The molecule has 0 aromatic heterocycles. The summed E-state index contributed by atoms with van der Waals surface area (Å²) in [7, 11) is 0. The SMILES string of the molecule is CCC(I)(CC)SC1CC(=O)N(C2(C(=O)C(C)(C)C)CNC2)C1=O. The lowest BCUT2D eigenvalue weighted by molar-refractivity contribution is -0.159. The van der Waals surface area contributed by atoms with Crippen LogP contribution in [0.1, 0.15) is 53.9 Å². The number of hydrogen-bond acceptors (Lipinski definition) is 5. The van der Waals surface area contributed by atoms with Crippen molar-refractivity contribution in [3.63, 3.8) is 0 Å². The number of hydrogen-bond donors (Lipinski definition) is 1. The van der Waals surface area contributed by atoms with Crippen molar-refractivity contribution in [2.75, 3.05) is 13.1 Å². The molecule has 0 aromatic rings. The van der Waals surface area contributed by atoms with Crippen LogP contribution in [0.3, 0.4) is 0 Å². The molecule has 136 valence electrons. The quantitative estimate of drug-likeness (QED) is 0.371. The largest absolute Gasteiger partial charge is 0.311 e. The predicted octanol–water partition coefficient (Wildman–Crippen LogP) is 2.76. The van der Waals surface area contributed by atoms with E-state index in [1.807, 2.05) is 20.8 Å². The minimum atomic E-state index is -0.992. The normalized spacial score (nSPS) is 24.2. The number of Topliss-reactive ketones (excluding diaryl/α,β-unsaturated/α-hetero) is 1. The summed E-state index contributed by atoms with van der Waals surface area (Å²) >= 11 is 3.97. The van der Waals surface area contributed by atoms with Gasteiger partial charge in [-0.2, -0.15) is 0 Å². The van der Waals surface area contributed by atoms with Crippen LogP contribution < -0.4 is 5.32 Å². The summed E-state index contributed by atoms with van der Waals surface area (Å²) in [5.74, 6) is -0.428. The Morgan fingerprint density at radius 3 is 2.21 bits per heavy atom. The molecule has 0 aromatic carbocycles. The molecule has 2 aliphatic rings. The second kappa shape index (κ2) is 6.87. The highest BCUT2D eigenvalue weighted by molar-refractivity contribution is 14.1. The summed E-state index contributed by atoms with van der Waals surface area (Å²) in [5.41, 5.74) is -1.58. The summed E-state index contributed by atoms with van der Waals surface area (Å²) in [6, 6.07) is 0. The molecule has 2 aliphatic heterocycles. The zero-order valence-electron chi connectivity index (χ0n) is 15.1. The number of nitrogens with zero attached hydrogens (tertiary/aromatic N) is 1. The van der Waals surface area contributed by atoms with Gasteiger partial charge in [-0.1, -0.05) is 57.2 Å².